The summed E-state index contributed by atoms with van der Waals surface area (Å²) in [5, 5.41) is 0. The second kappa shape index (κ2) is 8.34. The van der Waals surface area contributed by atoms with Crippen molar-refractivity contribution in [3.63, 3.8) is 0 Å². The number of benzene rings is 3. The van der Waals surface area contributed by atoms with Crippen molar-refractivity contribution in [2.24, 2.45) is 3.77 Å². The average molecular weight is 442 g/mol. The number of nitrogens with zero attached hydrogens (tertiary/aromatic N) is 1. The molecular formula is C23H23NO4S2. The van der Waals surface area contributed by atoms with E-state index in [1.807, 2.05) is 37.3 Å². The fourth-order valence-corrected chi connectivity index (χ4v) is 7.63. The molecular weight excluding hydrogens is 418 g/mol. The molecule has 0 amide bonds. The van der Waals surface area contributed by atoms with E-state index in [-0.39, 0.29) is 11.0 Å². The molecule has 0 aromatic heterocycles. The maximum atomic E-state index is 14.0. The highest BCUT2D eigenvalue weighted by Crippen LogP contribution is 2.38. The third kappa shape index (κ3) is 4.48. The maximum Gasteiger partial charge on any atom is 0.290 e. The lowest BCUT2D eigenvalue weighted by molar-refractivity contribution is 0.386. The number of epoxide rings is 1. The fourth-order valence-electron chi connectivity index (χ4n) is 3.30. The van der Waals surface area contributed by atoms with Gasteiger partial charge in [0.1, 0.15) is 9.73 Å². The summed E-state index contributed by atoms with van der Waals surface area (Å²) < 4.78 is 49.5. The molecule has 0 radical (unpaired) electrons. The van der Waals surface area contributed by atoms with Gasteiger partial charge in [-0.15, -0.1) is 0 Å². The molecule has 3 atom stereocenters. The van der Waals surface area contributed by atoms with Gasteiger partial charge in [-0.25, -0.2) is 4.21 Å². The van der Waals surface area contributed by atoms with Gasteiger partial charge in [0.15, 0.2) is 5.44 Å². The summed E-state index contributed by atoms with van der Waals surface area (Å²) in [6.07, 6.45) is 1.12. The summed E-state index contributed by atoms with van der Waals surface area (Å²) >= 11 is 0. The first-order valence-corrected chi connectivity index (χ1v) is 12.7. The molecule has 1 heterocycles. The lowest BCUT2D eigenvalue weighted by atomic mass is 10.1. The predicted octanol–water partition coefficient (Wildman–Crippen LogP) is 4.57. The van der Waals surface area contributed by atoms with E-state index in [0.29, 0.717) is 11.3 Å². The Hall–Kier alpha value is -2.48. The van der Waals surface area contributed by atoms with Crippen LogP contribution < -0.4 is 0 Å². The first-order valence-electron chi connectivity index (χ1n) is 9.72. The molecule has 0 bridgehead atoms. The smallest absolute Gasteiger partial charge is 0.290 e. The molecule has 1 fully saturated rings. The Bertz CT molecular complexity index is 1230. The molecule has 1 unspecified atom stereocenters. The number of hydrogen-bond acceptors (Lipinski definition) is 4. The van der Waals surface area contributed by atoms with E-state index in [0.717, 1.165) is 17.5 Å². The lowest BCUT2D eigenvalue weighted by Crippen LogP contribution is -2.15. The summed E-state index contributed by atoms with van der Waals surface area (Å²) in [6, 6.07) is 24.8. The van der Waals surface area contributed by atoms with Gasteiger partial charge in [0.05, 0.1) is 15.9 Å². The molecule has 3 aromatic rings. The van der Waals surface area contributed by atoms with Crippen molar-refractivity contribution >= 4 is 19.8 Å². The molecule has 30 heavy (non-hydrogen) atoms. The zero-order valence-corrected chi connectivity index (χ0v) is 18.2. The molecule has 1 aliphatic rings. The van der Waals surface area contributed by atoms with Crippen molar-refractivity contribution in [2.75, 3.05) is 0 Å². The highest BCUT2D eigenvalue weighted by molar-refractivity contribution is 8.03. The molecule has 4 rings (SSSR count). The Morgan fingerprint density at radius 2 is 1.40 bits per heavy atom. The van der Waals surface area contributed by atoms with E-state index >= 15 is 0 Å². The van der Waals surface area contributed by atoms with Crippen molar-refractivity contribution in [1.82, 2.24) is 0 Å². The van der Waals surface area contributed by atoms with Crippen molar-refractivity contribution in [1.29, 1.82) is 0 Å². The molecule has 0 saturated carbocycles. The van der Waals surface area contributed by atoms with Crippen LogP contribution in [0, 0.1) is 6.92 Å². The van der Waals surface area contributed by atoms with Gasteiger partial charge >= 0.3 is 0 Å². The standard InChI is InChI=1S/C23H23NO4S2/c1-18-12-15-21(16-13-18)30(26,27)24-29(25,20-10-6-3-7-11-20)23-22(28-23)17-14-19-8-4-2-5-9-19/h2-13,15-16,22-23H,14,17H2,1H3/t22-,23-,29?/m1/s1. The zero-order valence-electron chi connectivity index (χ0n) is 16.5. The zero-order chi connectivity index (χ0) is 21.2. The van der Waals surface area contributed by atoms with Crippen LogP contribution in [-0.2, 0) is 30.9 Å². The molecule has 0 N–H and O–H groups in total. The van der Waals surface area contributed by atoms with E-state index in [1.54, 1.807) is 42.5 Å². The van der Waals surface area contributed by atoms with Crippen molar-refractivity contribution in [3.05, 3.63) is 96.1 Å². The second-order valence-electron chi connectivity index (χ2n) is 7.31. The molecule has 1 aliphatic heterocycles. The highest BCUT2D eigenvalue weighted by atomic mass is 32.3. The van der Waals surface area contributed by atoms with Gasteiger partial charge in [-0.1, -0.05) is 70.0 Å². The third-order valence-electron chi connectivity index (χ3n) is 5.02. The molecule has 1 saturated heterocycles. The molecule has 7 heteroatoms. The van der Waals surface area contributed by atoms with E-state index < -0.39 is 25.2 Å². The minimum absolute atomic E-state index is 0.0261. The van der Waals surface area contributed by atoms with Crippen LogP contribution in [-0.4, -0.2) is 24.2 Å². The molecule has 5 nitrogen and oxygen atoms in total. The summed E-state index contributed by atoms with van der Waals surface area (Å²) in [5.74, 6) is 0. The molecule has 3 aromatic carbocycles. The Labute approximate surface area is 178 Å². The van der Waals surface area contributed by atoms with Gasteiger partial charge in [0, 0.05) is 0 Å². The first kappa shape index (κ1) is 20.8. The SMILES string of the molecule is Cc1ccc(S(=O)(=O)N=S(=O)(c2ccccc2)[C@H]2O[C@@H]2CCc2ccccc2)cc1. The normalized spacial score (nSPS) is 20.3. The van der Waals surface area contributed by atoms with Crippen molar-refractivity contribution in [3.8, 4) is 0 Å². The van der Waals surface area contributed by atoms with Crippen molar-refractivity contribution < 1.29 is 17.4 Å². The number of sulfonamides is 1. The van der Waals surface area contributed by atoms with Crippen LogP contribution in [0.1, 0.15) is 17.5 Å². The van der Waals surface area contributed by atoms with Crippen LogP contribution in [0.3, 0.4) is 0 Å². The molecule has 0 aliphatic carbocycles. The third-order valence-corrected chi connectivity index (χ3v) is 9.55. The van der Waals surface area contributed by atoms with Crippen LogP contribution in [0.5, 0.6) is 0 Å². The van der Waals surface area contributed by atoms with E-state index in [9.17, 15) is 12.6 Å². The van der Waals surface area contributed by atoms with Crippen LogP contribution in [0.2, 0.25) is 0 Å². The van der Waals surface area contributed by atoms with Crippen LogP contribution in [0.4, 0.5) is 0 Å². The number of hydrogen-bond donors (Lipinski definition) is 0. The second-order valence-corrected chi connectivity index (χ2v) is 11.4. The highest BCUT2D eigenvalue weighted by Gasteiger charge is 2.48. The largest absolute Gasteiger partial charge is 0.354 e. The Balaban J connectivity index is 1.66. The summed E-state index contributed by atoms with van der Waals surface area (Å²) in [5.41, 5.74) is 1.34. The minimum Gasteiger partial charge on any atom is -0.354 e. The quantitative estimate of drug-likeness (QED) is 0.503. The van der Waals surface area contributed by atoms with Gasteiger partial charge in [0.25, 0.3) is 10.0 Å². The topological polar surface area (TPSA) is 76.1 Å². The molecule has 156 valence electrons. The van der Waals surface area contributed by atoms with Gasteiger partial charge in [0.2, 0.25) is 0 Å². The number of rotatable bonds is 7. The summed E-state index contributed by atoms with van der Waals surface area (Å²) in [7, 11) is -7.44. The van der Waals surface area contributed by atoms with Crippen LogP contribution >= 0.6 is 0 Å². The van der Waals surface area contributed by atoms with E-state index in [2.05, 4.69) is 3.77 Å². The summed E-state index contributed by atoms with van der Waals surface area (Å²) in [6.45, 7) is 1.87. The van der Waals surface area contributed by atoms with Gasteiger partial charge < -0.3 is 4.74 Å². The van der Waals surface area contributed by atoms with Crippen LogP contribution in [0.25, 0.3) is 0 Å². The Kier molecular flexibility index (Phi) is 5.77. The average Bonchev–Trinajstić information content (AvgIpc) is 3.54. The summed E-state index contributed by atoms with van der Waals surface area (Å²) in [4.78, 5) is 0.395. The monoisotopic (exact) mass is 441 g/mol. The fraction of sp³-hybridized carbons (Fsp3) is 0.217. The van der Waals surface area contributed by atoms with E-state index in [4.69, 9.17) is 4.74 Å². The predicted molar refractivity (Wildman–Crippen MR) is 117 cm³/mol. The Morgan fingerprint density at radius 1 is 0.800 bits per heavy atom. The Morgan fingerprint density at radius 3 is 2.03 bits per heavy atom. The first-order chi connectivity index (χ1) is 14.4. The van der Waals surface area contributed by atoms with Crippen LogP contribution in [0.15, 0.2) is 98.5 Å². The number of ether oxygens (including phenoxy) is 1. The number of aryl methyl sites for hydroxylation is 2. The molecule has 0 spiro atoms. The van der Waals surface area contributed by atoms with E-state index in [1.165, 1.54) is 12.1 Å². The maximum absolute atomic E-state index is 14.0. The van der Waals surface area contributed by atoms with Gasteiger partial charge in [-0.2, -0.15) is 8.42 Å². The lowest BCUT2D eigenvalue weighted by Gasteiger charge is -2.09. The van der Waals surface area contributed by atoms with Gasteiger partial charge in [-0.3, -0.25) is 0 Å². The minimum atomic E-state index is -4.11. The van der Waals surface area contributed by atoms with Crippen molar-refractivity contribution in [2.45, 2.75) is 41.1 Å². The van der Waals surface area contributed by atoms with Gasteiger partial charge in [-0.05, 0) is 49.6 Å².